The number of aromatic amines is 1. The van der Waals surface area contributed by atoms with Gasteiger partial charge >= 0.3 is 35.0 Å². The van der Waals surface area contributed by atoms with Crippen LogP contribution < -0.4 is 17.1 Å². The second-order valence-electron chi connectivity index (χ2n) is 12.7. The number of hydrogen-bond acceptors (Lipinski definition) is 16. The number of rotatable bonds is 22. The molecule has 3 unspecified atom stereocenters. The Morgan fingerprint density at radius 2 is 1.35 bits per heavy atom. The van der Waals surface area contributed by atoms with E-state index in [9.17, 15) is 33.9 Å². The van der Waals surface area contributed by atoms with Crippen LogP contribution in [0, 0.1) is 5.92 Å². The van der Waals surface area contributed by atoms with Crippen LogP contribution in [0.4, 0.5) is 4.79 Å². The van der Waals surface area contributed by atoms with Crippen molar-refractivity contribution in [2.45, 2.75) is 76.5 Å². The lowest BCUT2D eigenvalue weighted by molar-refractivity contribution is -0.160. The molecule has 1 aromatic rings. The van der Waals surface area contributed by atoms with E-state index in [1.54, 1.807) is 0 Å². The predicted molar refractivity (Wildman–Crippen MR) is 177 cm³/mol. The molecule has 1 saturated carbocycles. The molecule has 2 N–H and O–H groups in total. The highest BCUT2D eigenvalue weighted by Gasteiger charge is 2.55. The minimum absolute atomic E-state index is 0.000636. The zero-order valence-corrected chi connectivity index (χ0v) is 30.0. The molecule has 2 amide bonds. The Morgan fingerprint density at radius 1 is 0.750 bits per heavy atom. The Morgan fingerprint density at radius 3 is 1.96 bits per heavy atom. The molecule has 0 bridgehead atoms. The second-order valence-corrected chi connectivity index (χ2v) is 12.7. The number of carbonyl (C=O) groups excluding carboxylic acids is 3. The molecule has 0 aromatic carbocycles. The molecule has 21 heteroatoms. The number of hydrogen-bond donors (Lipinski definition) is 2. The minimum atomic E-state index is -1.03. The first-order valence-electron chi connectivity index (χ1n) is 17.2. The Balaban J connectivity index is 1.29. The second kappa shape index (κ2) is 20.5. The smallest absolute Gasteiger partial charge is 0.336 e. The highest BCUT2D eigenvalue weighted by Crippen LogP contribution is 2.34. The van der Waals surface area contributed by atoms with Gasteiger partial charge in [0.05, 0.1) is 38.8 Å². The van der Waals surface area contributed by atoms with E-state index in [0.717, 1.165) is 25.7 Å². The van der Waals surface area contributed by atoms with E-state index in [4.69, 9.17) is 33.2 Å². The molecule has 21 nitrogen and oxygen atoms in total. The van der Waals surface area contributed by atoms with Crippen LogP contribution >= 0.6 is 0 Å². The first-order chi connectivity index (χ1) is 25.1. The Kier molecular flexibility index (Phi) is 16.2. The SMILES string of the molecule is COCCOC(=O)CCn1c(=O)[nH]c(=O)n(CCC(=O)OCOCN2C(=O)N(COC)C3C2N(COC)CN3COCC(O)C2CCCCC2)c1=O. The summed E-state index contributed by atoms with van der Waals surface area (Å²) < 4.78 is 38.4. The van der Waals surface area contributed by atoms with Gasteiger partial charge in [-0.2, -0.15) is 0 Å². The van der Waals surface area contributed by atoms with Gasteiger partial charge in [-0.25, -0.2) is 38.1 Å². The quantitative estimate of drug-likeness (QED) is 0.0761. The van der Waals surface area contributed by atoms with Gasteiger partial charge in [-0.15, -0.1) is 0 Å². The van der Waals surface area contributed by atoms with Gasteiger partial charge in [0.25, 0.3) is 0 Å². The normalized spacial score (nSPS) is 20.4. The number of amides is 2. The highest BCUT2D eigenvalue weighted by atomic mass is 16.7. The van der Waals surface area contributed by atoms with Gasteiger partial charge in [-0.3, -0.25) is 24.4 Å². The lowest BCUT2D eigenvalue weighted by atomic mass is 9.85. The number of nitrogens with one attached hydrogen (secondary N) is 1. The van der Waals surface area contributed by atoms with Crippen LogP contribution in [-0.4, -0.2) is 157 Å². The summed E-state index contributed by atoms with van der Waals surface area (Å²) in [6, 6.07) is -0.395. The van der Waals surface area contributed by atoms with E-state index in [2.05, 4.69) is 0 Å². The molecule has 0 radical (unpaired) electrons. The van der Waals surface area contributed by atoms with Crippen LogP contribution in [0.15, 0.2) is 14.4 Å². The zero-order chi connectivity index (χ0) is 37.6. The molecular formula is C31H51N7O14. The zero-order valence-electron chi connectivity index (χ0n) is 30.0. The third-order valence-electron chi connectivity index (χ3n) is 9.14. The van der Waals surface area contributed by atoms with Crippen LogP contribution in [0.2, 0.25) is 0 Å². The lowest BCUT2D eigenvalue weighted by Gasteiger charge is -2.30. The summed E-state index contributed by atoms with van der Waals surface area (Å²) in [5, 5.41) is 10.7. The minimum Gasteiger partial charge on any atom is -0.463 e. The maximum atomic E-state index is 13.5. The summed E-state index contributed by atoms with van der Waals surface area (Å²) in [5.74, 6) is -1.28. The van der Waals surface area contributed by atoms with Crippen molar-refractivity contribution >= 4 is 18.0 Å². The maximum absolute atomic E-state index is 13.5. The van der Waals surface area contributed by atoms with Gasteiger partial charge in [0.15, 0.2) is 6.79 Å². The Bertz CT molecular complexity index is 1500. The van der Waals surface area contributed by atoms with Crippen molar-refractivity contribution in [1.82, 2.24) is 33.7 Å². The summed E-state index contributed by atoms with van der Waals surface area (Å²) in [5.41, 5.74) is -3.05. The monoisotopic (exact) mass is 745 g/mol. The third kappa shape index (κ3) is 10.7. The van der Waals surface area contributed by atoms with Crippen LogP contribution in [0.25, 0.3) is 0 Å². The first kappa shape index (κ1) is 41.1. The average molecular weight is 746 g/mol. The number of esters is 2. The number of fused-ring (bicyclic) bond motifs is 1. The van der Waals surface area contributed by atoms with E-state index in [-0.39, 0.29) is 65.6 Å². The van der Waals surface area contributed by atoms with Crippen LogP contribution in [-0.2, 0) is 55.8 Å². The van der Waals surface area contributed by atoms with E-state index < -0.39 is 73.2 Å². The average Bonchev–Trinajstić information content (AvgIpc) is 3.60. The molecule has 52 heavy (non-hydrogen) atoms. The molecule has 2 aliphatic heterocycles. The predicted octanol–water partition coefficient (Wildman–Crippen LogP) is -1.77. The molecule has 1 aromatic heterocycles. The number of carbonyl (C=O) groups is 3. The number of ether oxygens (including phenoxy) is 7. The van der Waals surface area contributed by atoms with Gasteiger partial charge in [0, 0.05) is 34.4 Å². The van der Waals surface area contributed by atoms with Gasteiger partial charge in [-0.1, -0.05) is 19.3 Å². The molecule has 2 saturated heterocycles. The number of nitrogens with zero attached hydrogens (tertiary/aromatic N) is 6. The number of aromatic nitrogens is 3. The summed E-state index contributed by atoms with van der Waals surface area (Å²) in [7, 11) is 4.45. The Labute approximate surface area is 299 Å². The van der Waals surface area contributed by atoms with E-state index in [0.29, 0.717) is 15.8 Å². The van der Waals surface area contributed by atoms with Crippen molar-refractivity contribution in [2.24, 2.45) is 5.92 Å². The summed E-state index contributed by atoms with van der Waals surface area (Å²) in [4.78, 5) is 84.1. The van der Waals surface area contributed by atoms with Gasteiger partial charge < -0.3 is 38.3 Å². The number of aliphatic hydroxyl groups is 1. The molecule has 3 fully saturated rings. The van der Waals surface area contributed by atoms with Crippen molar-refractivity contribution < 1.29 is 52.6 Å². The fraction of sp³-hybridized carbons (Fsp3) is 0.806. The summed E-state index contributed by atoms with van der Waals surface area (Å²) in [6.07, 6.45) is 3.02. The molecule has 0 spiro atoms. The van der Waals surface area contributed by atoms with Crippen molar-refractivity contribution in [3.63, 3.8) is 0 Å². The molecule has 3 heterocycles. The number of urea groups is 1. The molecule has 3 atom stereocenters. The van der Waals surface area contributed by atoms with E-state index >= 15 is 0 Å². The molecule has 3 aliphatic rings. The number of methoxy groups -OCH3 is 3. The van der Waals surface area contributed by atoms with Crippen LogP contribution in [0.3, 0.4) is 0 Å². The maximum Gasteiger partial charge on any atom is 0.336 e. The Hall–Kier alpha value is -3.70. The third-order valence-corrected chi connectivity index (χ3v) is 9.14. The van der Waals surface area contributed by atoms with Crippen molar-refractivity contribution in [3.8, 4) is 0 Å². The summed E-state index contributed by atoms with van der Waals surface area (Å²) in [6.45, 7) is -0.527. The van der Waals surface area contributed by atoms with Crippen LogP contribution in [0.1, 0.15) is 44.9 Å². The fourth-order valence-corrected chi connectivity index (χ4v) is 6.61. The molecular weight excluding hydrogens is 694 g/mol. The van der Waals surface area contributed by atoms with E-state index in [1.165, 1.54) is 37.6 Å². The first-order valence-corrected chi connectivity index (χ1v) is 17.2. The number of aliphatic hydroxyl groups excluding tert-OH is 1. The molecule has 294 valence electrons. The van der Waals surface area contributed by atoms with Crippen molar-refractivity contribution in [3.05, 3.63) is 31.5 Å². The highest BCUT2D eigenvalue weighted by molar-refractivity contribution is 5.77. The lowest BCUT2D eigenvalue weighted by Crippen LogP contribution is -2.49. The standard InChI is InChI=1S/C31H51N7O14/c1-46-13-14-51-24(40)9-11-35-28(42)32-29(43)36(30(35)44)12-10-25(41)52-21-50-20-38-26-27(37(19-48-3)31(38)45)34(16-33(26)17-47-2)18-49-15-23(39)22-7-5-4-6-8-22/h22-23,26-27,39H,4-21H2,1-3H3,(H,32,42,43). The van der Waals surface area contributed by atoms with Gasteiger partial charge in [0.2, 0.25) is 0 Å². The number of H-pyrrole nitrogens is 1. The van der Waals surface area contributed by atoms with Gasteiger partial charge in [-0.05, 0) is 18.8 Å². The largest absolute Gasteiger partial charge is 0.463 e. The topological polar surface area (TPSA) is 226 Å². The van der Waals surface area contributed by atoms with Crippen LogP contribution in [0.5, 0.6) is 0 Å². The summed E-state index contributed by atoms with van der Waals surface area (Å²) >= 11 is 0. The van der Waals surface area contributed by atoms with Crippen molar-refractivity contribution in [2.75, 3.05) is 81.5 Å². The molecule has 4 rings (SSSR count). The van der Waals surface area contributed by atoms with Gasteiger partial charge in [0.1, 0.15) is 45.9 Å². The van der Waals surface area contributed by atoms with Crippen molar-refractivity contribution in [1.29, 1.82) is 0 Å². The molecule has 1 aliphatic carbocycles. The van der Waals surface area contributed by atoms with E-state index in [1.807, 2.05) is 14.8 Å². The fourth-order valence-electron chi connectivity index (χ4n) is 6.61.